The Labute approximate surface area is 126 Å². The second kappa shape index (κ2) is 5.06. The fourth-order valence-corrected chi connectivity index (χ4v) is 2.36. The van der Waals surface area contributed by atoms with Gasteiger partial charge in [0.05, 0.1) is 21.3 Å². The number of nitrogens with two attached hydrogens (primary N) is 1. The Balaban J connectivity index is 2.27. The maximum absolute atomic E-state index is 12.0. The molecule has 114 valence electrons. The zero-order valence-corrected chi connectivity index (χ0v) is 12.4. The van der Waals surface area contributed by atoms with Crippen molar-refractivity contribution < 1.29 is 19.1 Å². The Morgan fingerprint density at radius 3 is 2.59 bits per heavy atom. The highest BCUT2D eigenvalue weighted by Gasteiger charge is 2.20. The molecule has 0 aliphatic heterocycles. The Hall–Kier alpha value is -3.03. The number of aromatic nitrogens is 4. The maximum atomic E-state index is 12.0. The van der Waals surface area contributed by atoms with Crippen LogP contribution in [0.2, 0.25) is 0 Å². The molecule has 0 saturated carbocycles. The number of anilines is 1. The highest BCUT2D eigenvalue weighted by atomic mass is 16.5. The second-order valence-corrected chi connectivity index (χ2v) is 4.69. The van der Waals surface area contributed by atoms with E-state index in [2.05, 4.69) is 9.97 Å². The number of hydrogen-bond donors (Lipinski definition) is 1. The number of fused-ring (bicyclic) bond motifs is 1. The first-order chi connectivity index (χ1) is 10.5. The number of imidazole rings is 1. The van der Waals surface area contributed by atoms with Crippen LogP contribution in [0.5, 0.6) is 17.4 Å². The molecule has 2 N–H and O–H groups in total. The summed E-state index contributed by atoms with van der Waals surface area (Å²) in [5.41, 5.74) is 7.17. The summed E-state index contributed by atoms with van der Waals surface area (Å²) >= 11 is 0. The molecular weight excluding hydrogens is 286 g/mol. The molecule has 1 aromatic carbocycles. The molecule has 3 aromatic rings. The number of nitrogen functional groups attached to an aromatic ring is 1. The molecule has 2 aromatic heterocycles. The van der Waals surface area contributed by atoms with E-state index < -0.39 is 5.88 Å². The second-order valence-electron chi connectivity index (χ2n) is 4.69. The summed E-state index contributed by atoms with van der Waals surface area (Å²) < 4.78 is 13.9. The Bertz CT molecular complexity index is 859. The average Bonchev–Trinajstić information content (AvgIpc) is 2.83. The summed E-state index contributed by atoms with van der Waals surface area (Å²) in [4.78, 5) is 7.83. The molecule has 0 atom stereocenters. The average molecular weight is 301 g/mol. The number of ether oxygens (including phenoxy) is 2. The van der Waals surface area contributed by atoms with Gasteiger partial charge in [-0.3, -0.25) is 0 Å². The van der Waals surface area contributed by atoms with Crippen LogP contribution in [0, 0.1) is 0 Å². The molecule has 0 radical (unpaired) electrons. The van der Waals surface area contributed by atoms with Crippen LogP contribution in [0.1, 0.15) is 0 Å². The van der Waals surface area contributed by atoms with Crippen LogP contribution < -0.4 is 24.9 Å². The number of benzene rings is 1. The minimum Gasteiger partial charge on any atom is -0.855 e. The van der Waals surface area contributed by atoms with Crippen molar-refractivity contribution in [3.8, 4) is 23.1 Å². The minimum absolute atomic E-state index is 0.0575. The van der Waals surface area contributed by atoms with Crippen LogP contribution in [0.3, 0.4) is 0 Å². The van der Waals surface area contributed by atoms with Gasteiger partial charge in [-0.2, -0.15) is 9.55 Å². The maximum Gasteiger partial charge on any atom is 0.277 e. The fourth-order valence-electron chi connectivity index (χ4n) is 2.36. The van der Waals surface area contributed by atoms with Crippen molar-refractivity contribution in [3.05, 3.63) is 24.5 Å². The van der Waals surface area contributed by atoms with Gasteiger partial charge in [0.1, 0.15) is 5.69 Å². The van der Waals surface area contributed by atoms with Gasteiger partial charge in [-0.15, -0.1) is 0 Å². The topological polar surface area (TPSA) is 102 Å². The van der Waals surface area contributed by atoms with Gasteiger partial charge in [0, 0.05) is 11.9 Å². The first kappa shape index (κ1) is 13.9. The van der Waals surface area contributed by atoms with E-state index in [1.54, 1.807) is 48.9 Å². The largest absolute Gasteiger partial charge is 0.855 e. The first-order valence-electron chi connectivity index (χ1n) is 6.48. The van der Waals surface area contributed by atoms with Crippen molar-refractivity contribution in [3.63, 3.8) is 0 Å². The van der Waals surface area contributed by atoms with Crippen LogP contribution >= 0.6 is 0 Å². The molecular formula is C14H15N5O3. The van der Waals surface area contributed by atoms with Gasteiger partial charge < -0.3 is 20.3 Å². The molecule has 0 spiro atoms. The van der Waals surface area contributed by atoms with Crippen LogP contribution in [0.25, 0.3) is 16.9 Å². The Morgan fingerprint density at radius 1 is 1.18 bits per heavy atom. The first-order valence-corrected chi connectivity index (χ1v) is 6.48. The van der Waals surface area contributed by atoms with Crippen LogP contribution in [-0.2, 0) is 7.05 Å². The molecule has 0 saturated heterocycles. The lowest BCUT2D eigenvalue weighted by Crippen LogP contribution is -2.27. The zero-order valence-electron chi connectivity index (χ0n) is 12.4. The third-order valence-corrected chi connectivity index (χ3v) is 3.37. The molecule has 0 fully saturated rings. The van der Waals surface area contributed by atoms with Gasteiger partial charge in [-0.25, -0.2) is 9.55 Å². The number of hydrogen-bond acceptors (Lipinski definition) is 6. The standard InChI is InChI=1S/C14H15N5O3/c1-18-7-19(12-11(18)13(20)17-14(15)16-12)8-4-5-9(21-2)10(6-8)22-3/h4-7H,1-3H3,(H2-,15,16,17,20). The van der Waals surface area contributed by atoms with E-state index in [1.807, 2.05) is 6.07 Å². The summed E-state index contributed by atoms with van der Waals surface area (Å²) in [6.07, 6.45) is 1.74. The highest BCUT2D eigenvalue weighted by molar-refractivity contribution is 5.75. The van der Waals surface area contributed by atoms with E-state index in [4.69, 9.17) is 15.2 Å². The zero-order chi connectivity index (χ0) is 15.9. The van der Waals surface area contributed by atoms with Crippen molar-refractivity contribution in [2.75, 3.05) is 20.0 Å². The van der Waals surface area contributed by atoms with Crippen molar-refractivity contribution in [1.29, 1.82) is 0 Å². The predicted octanol–water partition coefficient (Wildman–Crippen LogP) is -0.0820. The van der Waals surface area contributed by atoms with Crippen molar-refractivity contribution in [1.82, 2.24) is 14.5 Å². The number of aryl methyl sites for hydroxylation is 1. The number of methoxy groups -OCH3 is 2. The quantitative estimate of drug-likeness (QED) is 0.679. The lowest BCUT2D eigenvalue weighted by Gasteiger charge is -2.08. The molecule has 0 aliphatic rings. The van der Waals surface area contributed by atoms with E-state index in [0.717, 1.165) is 5.69 Å². The van der Waals surface area contributed by atoms with E-state index in [9.17, 15) is 5.11 Å². The monoisotopic (exact) mass is 301 g/mol. The van der Waals surface area contributed by atoms with Crippen LogP contribution in [0.15, 0.2) is 24.5 Å². The predicted molar refractivity (Wildman–Crippen MR) is 77.0 cm³/mol. The van der Waals surface area contributed by atoms with Gasteiger partial charge in [0.25, 0.3) is 12.0 Å². The molecule has 2 heterocycles. The number of rotatable bonds is 3. The molecule has 0 amide bonds. The molecule has 8 heteroatoms. The number of nitrogens with zero attached hydrogens (tertiary/aromatic N) is 4. The van der Waals surface area contributed by atoms with Gasteiger partial charge in [0.15, 0.2) is 11.5 Å². The lowest BCUT2D eigenvalue weighted by molar-refractivity contribution is -0.647. The SMILES string of the molecule is COc1ccc(-n2c[n+](C)c3c([O-])nc(N)nc32)cc1OC. The summed E-state index contributed by atoms with van der Waals surface area (Å²) in [6.45, 7) is 0. The van der Waals surface area contributed by atoms with Gasteiger partial charge in [-0.1, -0.05) is 0 Å². The van der Waals surface area contributed by atoms with Crippen LogP contribution in [0.4, 0.5) is 5.95 Å². The van der Waals surface area contributed by atoms with E-state index in [1.165, 1.54) is 0 Å². The third-order valence-electron chi connectivity index (χ3n) is 3.37. The molecule has 0 unspecified atom stereocenters. The molecule has 22 heavy (non-hydrogen) atoms. The minimum atomic E-state index is -0.413. The van der Waals surface area contributed by atoms with Gasteiger partial charge in [-0.05, 0) is 12.1 Å². The fraction of sp³-hybridized carbons (Fsp3) is 0.214. The molecule has 8 nitrogen and oxygen atoms in total. The highest BCUT2D eigenvalue weighted by Crippen LogP contribution is 2.30. The van der Waals surface area contributed by atoms with Crippen LogP contribution in [-0.4, -0.2) is 28.8 Å². The molecule has 0 aliphatic carbocycles. The summed E-state index contributed by atoms with van der Waals surface area (Å²) in [5.74, 6) is 0.724. The molecule has 0 bridgehead atoms. The van der Waals surface area contributed by atoms with E-state index in [-0.39, 0.29) is 5.95 Å². The van der Waals surface area contributed by atoms with Crippen molar-refractivity contribution >= 4 is 17.1 Å². The van der Waals surface area contributed by atoms with Crippen molar-refractivity contribution in [2.24, 2.45) is 7.05 Å². The smallest absolute Gasteiger partial charge is 0.277 e. The summed E-state index contributed by atoms with van der Waals surface area (Å²) in [5, 5.41) is 12.0. The summed E-state index contributed by atoms with van der Waals surface area (Å²) in [7, 11) is 4.88. The normalized spacial score (nSPS) is 10.9. The third kappa shape index (κ3) is 2.05. The summed E-state index contributed by atoms with van der Waals surface area (Å²) in [6, 6.07) is 5.41. The van der Waals surface area contributed by atoms with Crippen molar-refractivity contribution in [2.45, 2.75) is 0 Å². The van der Waals surface area contributed by atoms with Gasteiger partial charge >= 0.3 is 0 Å². The molecule has 3 rings (SSSR count). The Kier molecular flexibility index (Phi) is 3.21. The lowest BCUT2D eigenvalue weighted by atomic mass is 10.2. The van der Waals surface area contributed by atoms with Gasteiger partial charge in [0.2, 0.25) is 11.5 Å². The Morgan fingerprint density at radius 2 is 1.91 bits per heavy atom. The van der Waals surface area contributed by atoms with E-state index >= 15 is 0 Å². The van der Waals surface area contributed by atoms with E-state index in [0.29, 0.717) is 22.7 Å².